The number of thiophene rings is 1. The molecule has 1 fully saturated rings. The smallest absolute Gasteiger partial charge is 0.252 e. The molecule has 0 radical (unpaired) electrons. The average molecular weight is 458 g/mol. The fourth-order valence-corrected chi connectivity index (χ4v) is 6.78. The molecule has 1 aliphatic heterocycles. The van der Waals surface area contributed by atoms with E-state index in [9.17, 15) is 18.0 Å². The summed E-state index contributed by atoms with van der Waals surface area (Å²) >= 11 is 6.91. The summed E-state index contributed by atoms with van der Waals surface area (Å²) in [6.07, 6.45) is 0.593. The Balaban J connectivity index is 1.66. The lowest BCUT2D eigenvalue weighted by molar-refractivity contribution is 0.0896. The molecule has 2 aromatic heterocycles. The molecule has 10 heteroatoms. The summed E-state index contributed by atoms with van der Waals surface area (Å²) in [5.74, 6) is -0.138. The van der Waals surface area contributed by atoms with Gasteiger partial charge >= 0.3 is 0 Å². The predicted molar refractivity (Wildman–Crippen MR) is 114 cm³/mol. The average Bonchev–Trinajstić information content (AvgIpc) is 3.25. The minimum absolute atomic E-state index is 0.0536. The number of hydrogen-bond donors (Lipinski definition) is 1. The van der Waals surface area contributed by atoms with E-state index in [1.165, 1.54) is 17.3 Å². The molecule has 1 N–H and O–H groups in total. The Morgan fingerprint density at radius 1 is 1.21 bits per heavy atom. The van der Waals surface area contributed by atoms with Crippen molar-refractivity contribution in [3.05, 3.63) is 39.0 Å². The number of nitrogens with zero attached hydrogens (tertiary/aromatic N) is 2. The van der Waals surface area contributed by atoms with Crippen LogP contribution in [0.4, 0.5) is 0 Å². The SMILES string of the molecule is CCc1c(C(=O)CN2CCN(S(=O)(=O)c3ccc(Cl)s3)CC2)[nH]c(C)c1C(C)=O. The van der Waals surface area contributed by atoms with Crippen molar-refractivity contribution >= 4 is 44.5 Å². The Bertz CT molecular complexity index is 1030. The van der Waals surface area contributed by atoms with Crippen molar-refractivity contribution in [1.29, 1.82) is 0 Å². The Kier molecular flexibility index (Phi) is 6.64. The van der Waals surface area contributed by atoms with Gasteiger partial charge in [0.05, 0.1) is 16.6 Å². The molecule has 1 aliphatic rings. The quantitative estimate of drug-likeness (QED) is 0.645. The van der Waals surface area contributed by atoms with Crippen molar-refractivity contribution in [2.45, 2.75) is 31.4 Å². The van der Waals surface area contributed by atoms with Crippen LogP contribution >= 0.6 is 22.9 Å². The van der Waals surface area contributed by atoms with E-state index in [0.29, 0.717) is 53.9 Å². The minimum Gasteiger partial charge on any atom is -0.355 e. The summed E-state index contributed by atoms with van der Waals surface area (Å²) in [7, 11) is -3.56. The molecule has 3 heterocycles. The Morgan fingerprint density at radius 3 is 2.38 bits per heavy atom. The van der Waals surface area contributed by atoms with Gasteiger partial charge < -0.3 is 4.98 Å². The zero-order valence-electron chi connectivity index (χ0n) is 16.6. The van der Waals surface area contributed by atoms with Crippen LogP contribution in [-0.4, -0.2) is 66.9 Å². The predicted octanol–water partition coefficient (Wildman–Crippen LogP) is 2.99. The lowest BCUT2D eigenvalue weighted by Crippen LogP contribution is -2.49. The second-order valence-corrected chi connectivity index (χ2v) is 10.9. The number of ketones is 2. The summed E-state index contributed by atoms with van der Waals surface area (Å²) in [6.45, 7) is 6.96. The van der Waals surface area contributed by atoms with Crippen molar-refractivity contribution < 1.29 is 18.0 Å². The van der Waals surface area contributed by atoms with Gasteiger partial charge in [-0.1, -0.05) is 18.5 Å². The van der Waals surface area contributed by atoms with Crippen LogP contribution in [0.1, 0.15) is 46.0 Å². The van der Waals surface area contributed by atoms with Gasteiger partial charge in [-0.25, -0.2) is 8.42 Å². The molecule has 0 amide bonds. The summed E-state index contributed by atoms with van der Waals surface area (Å²) in [6, 6.07) is 3.09. The molecular weight excluding hydrogens is 434 g/mol. The van der Waals surface area contributed by atoms with Crippen LogP contribution in [0.3, 0.4) is 0 Å². The fraction of sp³-hybridized carbons (Fsp3) is 0.474. The van der Waals surface area contributed by atoms with Crippen molar-refractivity contribution in [3.8, 4) is 0 Å². The number of carbonyl (C=O) groups is 2. The van der Waals surface area contributed by atoms with E-state index < -0.39 is 10.0 Å². The van der Waals surface area contributed by atoms with Gasteiger partial charge in [-0.2, -0.15) is 4.31 Å². The van der Waals surface area contributed by atoms with Crippen LogP contribution in [-0.2, 0) is 16.4 Å². The Labute approximate surface area is 179 Å². The van der Waals surface area contributed by atoms with Crippen LogP contribution in [0.5, 0.6) is 0 Å². The number of sulfonamides is 1. The Hall–Kier alpha value is -1.52. The van der Waals surface area contributed by atoms with Crippen LogP contribution < -0.4 is 0 Å². The Morgan fingerprint density at radius 2 is 1.86 bits per heavy atom. The molecule has 7 nitrogen and oxygen atoms in total. The number of rotatable bonds is 7. The normalized spacial score (nSPS) is 16.3. The number of hydrogen-bond acceptors (Lipinski definition) is 6. The highest BCUT2D eigenvalue weighted by molar-refractivity contribution is 7.91. The van der Waals surface area contributed by atoms with E-state index in [-0.39, 0.29) is 22.3 Å². The van der Waals surface area contributed by atoms with Crippen LogP contribution in [0.15, 0.2) is 16.3 Å². The summed E-state index contributed by atoms with van der Waals surface area (Å²) in [5.41, 5.74) is 2.55. The molecule has 1 saturated heterocycles. The number of Topliss-reactive ketones (excluding diaryl/α,β-unsaturated/α-hetero) is 2. The third-order valence-electron chi connectivity index (χ3n) is 5.12. The second-order valence-electron chi connectivity index (χ2n) is 7.05. The van der Waals surface area contributed by atoms with Gasteiger partial charge in [-0.3, -0.25) is 14.5 Å². The summed E-state index contributed by atoms with van der Waals surface area (Å²) in [4.78, 5) is 29.8. The monoisotopic (exact) mass is 457 g/mol. The van der Waals surface area contributed by atoms with E-state index in [0.717, 1.165) is 16.9 Å². The van der Waals surface area contributed by atoms with E-state index in [1.807, 2.05) is 11.8 Å². The highest BCUT2D eigenvalue weighted by Gasteiger charge is 2.31. The molecular formula is C19H24ClN3O4S2. The number of aryl methyl sites for hydroxylation is 1. The maximum atomic E-state index is 12.9. The van der Waals surface area contributed by atoms with E-state index in [2.05, 4.69) is 4.98 Å². The molecule has 29 heavy (non-hydrogen) atoms. The van der Waals surface area contributed by atoms with Gasteiger partial charge in [0, 0.05) is 37.4 Å². The molecule has 0 unspecified atom stereocenters. The molecule has 0 saturated carbocycles. The van der Waals surface area contributed by atoms with Crippen LogP contribution in [0, 0.1) is 6.92 Å². The minimum atomic E-state index is -3.56. The van der Waals surface area contributed by atoms with Gasteiger partial charge in [-0.05, 0) is 38.0 Å². The van der Waals surface area contributed by atoms with Crippen molar-refractivity contribution in [3.63, 3.8) is 0 Å². The zero-order valence-corrected chi connectivity index (χ0v) is 19.0. The van der Waals surface area contributed by atoms with Crippen LogP contribution in [0.25, 0.3) is 0 Å². The molecule has 158 valence electrons. The maximum absolute atomic E-state index is 12.9. The third-order valence-corrected chi connectivity index (χ3v) is 8.71. The number of carbonyl (C=O) groups excluding carboxylic acids is 2. The van der Waals surface area contributed by atoms with Crippen molar-refractivity contribution in [1.82, 2.24) is 14.2 Å². The number of aromatic amines is 1. The number of piperazine rings is 1. The molecule has 3 rings (SSSR count). The highest BCUT2D eigenvalue weighted by Crippen LogP contribution is 2.28. The topological polar surface area (TPSA) is 90.6 Å². The maximum Gasteiger partial charge on any atom is 0.252 e. The van der Waals surface area contributed by atoms with Gasteiger partial charge in [-0.15, -0.1) is 11.3 Å². The van der Waals surface area contributed by atoms with Crippen molar-refractivity contribution in [2.75, 3.05) is 32.7 Å². The summed E-state index contributed by atoms with van der Waals surface area (Å²) < 4.78 is 27.5. The number of nitrogens with one attached hydrogen (secondary N) is 1. The number of aromatic nitrogens is 1. The molecule has 0 spiro atoms. The van der Waals surface area contributed by atoms with E-state index in [4.69, 9.17) is 11.6 Å². The van der Waals surface area contributed by atoms with Crippen LogP contribution in [0.2, 0.25) is 4.34 Å². The first-order valence-electron chi connectivity index (χ1n) is 9.38. The first kappa shape index (κ1) is 22.2. The number of halogens is 1. The molecule has 0 aliphatic carbocycles. The largest absolute Gasteiger partial charge is 0.355 e. The molecule has 0 atom stereocenters. The first-order chi connectivity index (χ1) is 13.6. The number of H-pyrrole nitrogens is 1. The second kappa shape index (κ2) is 8.69. The van der Waals surface area contributed by atoms with Gasteiger partial charge in [0.25, 0.3) is 10.0 Å². The molecule has 0 aromatic carbocycles. The van der Waals surface area contributed by atoms with Gasteiger partial charge in [0.2, 0.25) is 0 Å². The summed E-state index contributed by atoms with van der Waals surface area (Å²) in [5, 5.41) is 0. The van der Waals surface area contributed by atoms with E-state index >= 15 is 0 Å². The van der Waals surface area contributed by atoms with E-state index in [1.54, 1.807) is 13.0 Å². The lowest BCUT2D eigenvalue weighted by atomic mass is 10.0. The first-order valence-corrected chi connectivity index (χ1v) is 12.0. The third kappa shape index (κ3) is 4.49. The zero-order chi connectivity index (χ0) is 21.3. The standard InChI is InChI=1S/C19H24ClN3O4S2/c1-4-14-18(13(3)24)12(2)21-19(14)15(25)11-22-7-9-23(10-8-22)29(26,27)17-6-5-16(20)28-17/h5-6,21H,4,7-11H2,1-3H3. The highest BCUT2D eigenvalue weighted by atomic mass is 35.5. The van der Waals surface area contributed by atoms with Gasteiger partial charge in [0.15, 0.2) is 11.6 Å². The molecule has 0 bridgehead atoms. The lowest BCUT2D eigenvalue weighted by Gasteiger charge is -2.33. The molecule has 2 aromatic rings. The van der Waals surface area contributed by atoms with Gasteiger partial charge in [0.1, 0.15) is 4.21 Å². The van der Waals surface area contributed by atoms with Crippen molar-refractivity contribution in [2.24, 2.45) is 0 Å². The fourth-order valence-electron chi connectivity index (χ4n) is 3.72.